The molecule has 8 heteroatoms. The molecule has 0 bridgehead atoms. The minimum atomic E-state index is -3.47. The molecular weight excluding hydrogens is 372 g/mol. The first-order chi connectivity index (χ1) is 8.24. The normalized spacial score (nSPS) is 12.3. The van der Waals surface area contributed by atoms with Gasteiger partial charge in [0.05, 0.1) is 8.68 Å². The summed E-state index contributed by atoms with van der Waals surface area (Å²) in [5, 5.41) is 0. The number of aryl methyl sites for hydroxylation is 1. The van der Waals surface area contributed by atoms with Crippen molar-refractivity contribution in [2.24, 2.45) is 5.73 Å². The number of nitrogens with one attached hydrogen (secondary N) is 1. The zero-order valence-electron chi connectivity index (χ0n) is 11.2. The summed E-state index contributed by atoms with van der Waals surface area (Å²) in [6, 6.07) is 1.62. The fourth-order valence-corrected chi connectivity index (χ4v) is 5.06. The summed E-state index contributed by atoms with van der Waals surface area (Å²) in [6.45, 7) is 5.98. The lowest BCUT2D eigenvalue weighted by Gasteiger charge is -2.26. The van der Waals surface area contributed by atoms with Crippen molar-refractivity contribution in [3.63, 3.8) is 0 Å². The molecule has 0 radical (unpaired) electrons. The Balaban J connectivity index is 0.00000324. The Labute approximate surface area is 133 Å². The van der Waals surface area contributed by atoms with E-state index in [9.17, 15) is 8.42 Å². The van der Waals surface area contributed by atoms with Gasteiger partial charge in [-0.1, -0.05) is 13.8 Å². The lowest BCUT2D eigenvalue weighted by Crippen LogP contribution is -2.49. The van der Waals surface area contributed by atoms with Crippen LogP contribution >= 0.6 is 39.7 Å². The minimum absolute atomic E-state index is 0. The first-order valence-corrected chi connectivity index (χ1v) is 8.88. The third kappa shape index (κ3) is 4.99. The Hall–Kier alpha value is 0.340. The van der Waals surface area contributed by atoms with Gasteiger partial charge in [0.25, 0.3) is 0 Å². The molecule has 1 rings (SSSR count). The molecule has 0 atom stereocenters. The molecule has 1 heterocycles. The summed E-state index contributed by atoms with van der Waals surface area (Å²) in [5.74, 6) is 0. The van der Waals surface area contributed by atoms with Crippen LogP contribution in [0, 0.1) is 6.92 Å². The topological polar surface area (TPSA) is 72.2 Å². The van der Waals surface area contributed by atoms with Gasteiger partial charge in [-0.25, -0.2) is 13.1 Å². The highest BCUT2D eigenvalue weighted by Crippen LogP contribution is 2.29. The van der Waals surface area contributed by atoms with Crippen molar-refractivity contribution >= 4 is 49.7 Å². The third-order valence-electron chi connectivity index (χ3n) is 3.15. The summed E-state index contributed by atoms with van der Waals surface area (Å²) in [4.78, 5) is 1.10. The first-order valence-electron chi connectivity index (χ1n) is 5.78. The third-order valence-corrected chi connectivity index (χ3v) is 6.36. The van der Waals surface area contributed by atoms with E-state index in [-0.39, 0.29) is 19.0 Å². The number of hydrogen-bond donors (Lipinski definition) is 2. The van der Waals surface area contributed by atoms with Gasteiger partial charge in [0, 0.05) is 17.0 Å². The molecule has 0 spiro atoms. The molecule has 112 valence electrons. The standard InChI is InChI=1S/C11H19BrN2O2S2.ClH/c1-4-11(13,5-2)7-14-18(15,16)9-6-10(12)17-8(9)3;/h6,14H,4-5,7,13H2,1-3H3;1H. The van der Waals surface area contributed by atoms with Gasteiger partial charge in [0.2, 0.25) is 10.0 Å². The van der Waals surface area contributed by atoms with E-state index in [0.29, 0.717) is 4.90 Å². The zero-order valence-corrected chi connectivity index (χ0v) is 15.2. The fourth-order valence-electron chi connectivity index (χ4n) is 1.51. The van der Waals surface area contributed by atoms with E-state index in [1.165, 1.54) is 11.3 Å². The molecule has 0 unspecified atom stereocenters. The van der Waals surface area contributed by atoms with E-state index >= 15 is 0 Å². The minimum Gasteiger partial charge on any atom is -0.324 e. The number of halogens is 2. The Bertz CT molecular complexity index is 513. The van der Waals surface area contributed by atoms with Crippen LogP contribution in [-0.2, 0) is 10.0 Å². The van der Waals surface area contributed by atoms with E-state index in [0.717, 1.165) is 21.5 Å². The number of sulfonamides is 1. The van der Waals surface area contributed by atoms with Gasteiger partial charge in [-0.3, -0.25) is 0 Å². The van der Waals surface area contributed by atoms with Crippen molar-refractivity contribution in [2.45, 2.75) is 44.0 Å². The molecule has 0 aliphatic heterocycles. The largest absolute Gasteiger partial charge is 0.324 e. The van der Waals surface area contributed by atoms with Gasteiger partial charge in [-0.05, 0) is 41.8 Å². The molecule has 3 N–H and O–H groups in total. The highest BCUT2D eigenvalue weighted by Gasteiger charge is 2.25. The van der Waals surface area contributed by atoms with Gasteiger partial charge in [-0.15, -0.1) is 23.7 Å². The predicted octanol–water partition coefficient (Wildman–Crippen LogP) is 3.04. The van der Waals surface area contributed by atoms with E-state index in [1.807, 2.05) is 13.8 Å². The van der Waals surface area contributed by atoms with Gasteiger partial charge in [-0.2, -0.15) is 0 Å². The number of rotatable bonds is 6. The Kier molecular flexibility index (Phi) is 7.51. The molecule has 4 nitrogen and oxygen atoms in total. The predicted molar refractivity (Wildman–Crippen MR) is 86.7 cm³/mol. The van der Waals surface area contributed by atoms with E-state index < -0.39 is 15.6 Å². The maximum atomic E-state index is 12.2. The maximum absolute atomic E-state index is 12.2. The van der Waals surface area contributed by atoms with Gasteiger partial charge in [0.1, 0.15) is 0 Å². The van der Waals surface area contributed by atoms with Crippen LogP contribution < -0.4 is 10.5 Å². The van der Waals surface area contributed by atoms with E-state index in [4.69, 9.17) is 5.73 Å². The molecule has 1 aromatic rings. The van der Waals surface area contributed by atoms with Crippen molar-refractivity contribution in [2.75, 3.05) is 6.54 Å². The van der Waals surface area contributed by atoms with Crippen LogP contribution in [0.3, 0.4) is 0 Å². The highest BCUT2D eigenvalue weighted by molar-refractivity contribution is 9.11. The summed E-state index contributed by atoms with van der Waals surface area (Å²) in [7, 11) is -3.47. The molecular formula is C11H20BrClN2O2S2. The second-order valence-corrected chi connectivity index (χ2v) is 8.74. The average molecular weight is 392 g/mol. The van der Waals surface area contributed by atoms with E-state index in [2.05, 4.69) is 20.7 Å². The van der Waals surface area contributed by atoms with Crippen LogP contribution in [0.1, 0.15) is 31.6 Å². The van der Waals surface area contributed by atoms with Gasteiger partial charge in [0.15, 0.2) is 0 Å². The number of thiophene rings is 1. The number of hydrogen-bond acceptors (Lipinski definition) is 4. The fraction of sp³-hybridized carbons (Fsp3) is 0.636. The van der Waals surface area contributed by atoms with Gasteiger partial charge >= 0.3 is 0 Å². The second kappa shape index (κ2) is 7.38. The molecule has 0 aromatic carbocycles. The second-order valence-electron chi connectivity index (χ2n) is 4.36. The maximum Gasteiger partial charge on any atom is 0.241 e. The smallest absolute Gasteiger partial charge is 0.241 e. The summed E-state index contributed by atoms with van der Waals surface area (Å²) in [6.07, 6.45) is 1.47. The van der Waals surface area contributed by atoms with Crippen molar-refractivity contribution in [3.8, 4) is 0 Å². The SMILES string of the molecule is CCC(N)(CC)CNS(=O)(=O)c1cc(Br)sc1C.Cl. The Morgan fingerprint density at radius 2 is 1.95 bits per heavy atom. The molecule has 0 fully saturated rings. The molecule has 0 aliphatic carbocycles. The van der Waals surface area contributed by atoms with Crippen molar-refractivity contribution < 1.29 is 8.42 Å². The Morgan fingerprint density at radius 3 is 2.32 bits per heavy atom. The quantitative estimate of drug-likeness (QED) is 0.783. The van der Waals surface area contributed by atoms with Crippen LogP contribution in [0.2, 0.25) is 0 Å². The molecule has 0 aliphatic rings. The summed E-state index contributed by atoms with van der Waals surface area (Å²) < 4.78 is 27.7. The lowest BCUT2D eigenvalue weighted by atomic mass is 9.95. The monoisotopic (exact) mass is 390 g/mol. The molecule has 0 amide bonds. The molecule has 0 saturated carbocycles. The average Bonchev–Trinajstić information content (AvgIpc) is 2.66. The molecule has 1 aromatic heterocycles. The van der Waals surface area contributed by atoms with Crippen molar-refractivity contribution in [1.29, 1.82) is 0 Å². The molecule has 0 saturated heterocycles. The zero-order chi connectivity index (χ0) is 14.0. The van der Waals surface area contributed by atoms with Crippen LogP contribution in [0.5, 0.6) is 0 Å². The highest BCUT2D eigenvalue weighted by atomic mass is 79.9. The van der Waals surface area contributed by atoms with Crippen molar-refractivity contribution in [1.82, 2.24) is 4.72 Å². The van der Waals surface area contributed by atoms with E-state index in [1.54, 1.807) is 13.0 Å². The summed E-state index contributed by atoms with van der Waals surface area (Å²) in [5.41, 5.74) is 5.61. The van der Waals surface area contributed by atoms with Crippen LogP contribution in [-0.4, -0.2) is 20.5 Å². The van der Waals surface area contributed by atoms with Gasteiger partial charge < -0.3 is 5.73 Å². The van der Waals surface area contributed by atoms with Crippen LogP contribution in [0.15, 0.2) is 14.7 Å². The van der Waals surface area contributed by atoms with Crippen LogP contribution in [0.4, 0.5) is 0 Å². The van der Waals surface area contributed by atoms with Crippen molar-refractivity contribution in [3.05, 3.63) is 14.7 Å². The first kappa shape index (κ1) is 19.3. The lowest BCUT2D eigenvalue weighted by molar-refractivity contribution is 0.392. The van der Waals surface area contributed by atoms with Crippen LogP contribution in [0.25, 0.3) is 0 Å². The Morgan fingerprint density at radius 1 is 1.42 bits per heavy atom. The summed E-state index contributed by atoms with van der Waals surface area (Å²) >= 11 is 4.70. The number of nitrogens with two attached hydrogens (primary N) is 1. The molecule has 19 heavy (non-hydrogen) atoms.